The van der Waals surface area contributed by atoms with Crippen molar-refractivity contribution >= 4 is 23.2 Å². The lowest BCUT2D eigenvalue weighted by Gasteiger charge is -2.29. The van der Waals surface area contributed by atoms with Crippen molar-refractivity contribution in [3.63, 3.8) is 0 Å². The summed E-state index contributed by atoms with van der Waals surface area (Å²) in [5.74, 6) is -0.309. The number of amides is 2. The van der Waals surface area contributed by atoms with Gasteiger partial charge in [0.05, 0.1) is 19.6 Å². The first-order valence-corrected chi connectivity index (χ1v) is 8.64. The molecular formula is C18H25N3O3. The number of likely N-dealkylation sites (tertiary alicyclic amines) is 1. The monoisotopic (exact) mass is 331 g/mol. The Hall–Kier alpha value is -2.08. The Morgan fingerprint density at radius 1 is 1.12 bits per heavy atom. The van der Waals surface area contributed by atoms with E-state index in [2.05, 4.69) is 22.3 Å². The Morgan fingerprint density at radius 3 is 2.50 bits per heavy atom. The van der Waals surface area contributed by atoms with E-state index in [0.29, 0.717) is 13.2 Å². The molecule has 1 N–H and O–H groups in total. The van der Waals surface area contributed by atoms with E-state index in [4.69, 9.17) is 4.74 Å². The van der Waals surface area contributed by atoms with E-state index < -0.39 is 6.04 Å². The lowest BCUT2D eigenvalue weighted by molar-refractivity contribution is -0.139. The number of carbonyl (C=O) groups excluding carboxylic acids is 2. The van der Waals surface area contributed by atoms with E-state index in [-0.39, 0.29) is 18.2 Å². The standard InChI is InChI=1S/C18H25N3O3/c1-24-12-11-21-17(22)13-16(18(21)23)19-14-5-7-15(8-6-14)20-9-3-2-4-10-20/h5-8,16,19H,2-4,9-13H2,1H3. The minimum absolute atomic E-state index is 0.139. The zero-order valence-corrected chi connectivity index (χ0v) is 14.2. The third-order valence-electron chi connectivity index (χ3n) is 4.69. The van der Waals surface area contributed by atoms with Gasteiger partial charge in [-0.05, 0) is 43.5 Å². The number of imide groups is 1. The highest BCUT2D eigenvalue weighted by molar-refractivity contribution is 6.06. The van der Waals surface area contributed by atoms with E-state index in [9.17, 15) is 9.59 Å². The molecular weight excluding hydrogens is 306 g/mol. The summed E-state index contributed by atoms with van der Waals surface area (Å²) in [5.41, 5.74) is 2.09. The molecule has 2 heterocycles. The van der Waals surface area contributed by atoms with Crippen LogP contribution in [0.25, 0.3) is 0 Å². The summed E-state index contributed by atoms with van der Waals surface area (Å²) in [6.07, 6.45) is 4.01. The van der Waals surface area contributed by atoms with Crippen molar-refractivity contribution in [2.24, 2.45) is 0 Å². The number of rotatable bonds is 6. The quantitative estimate of drug-likeness (QED) is 0.806. The summed E-state index contributed by atoms with van der Waals surface area (Å²) in [4.78, 5) is 27.9. The molecule has 6 nitrogen and oxygen atoms in total. The largest absolute Gasteiger partial charge is 0.383 e. The second-order valence-electron chi connectivity index (χ2n) is 6.37. The fourth-order valence-corrected chi connectivity index (χ4v) is 3.34. The van der Waals surface area contributed by atoms with Crippen LogP contribution in [0.5, 0.6) is 0 Å². The summed E-state index contributed by atoms with van der Waals surface area (Å²) in [6.45, 7) is 2.91. The van der Waals surface area contributed by atoms with Crippen LogP contribution in [-0.4, -0.2) is 56.1 Å². The fraction of sp³-hybridized carbons (Fsp3) is 0.556. The van der Waals surface area contributed by atoms with Crippen molar-refractivity contribution in [3.05, 3.63) is 24.3 Å². The van der Waals surface area contributed by atoms with Crippen molar-refractivity contribution in [2.75, 3.05) is 43.6 Å². The maximum atomic E-state index is 12.3. The Labute approximate surface area is 142 Å². The molecule has 130 valence electrons. The molecule has 0 saturated carbocycles. The molecule has 1 atom stereocenters. The number of anilines is 2. The average molecular weight is 331 g/mol. The van der Waals surface area contributed by atoms with Crippen LogP contribution in [-0.2, 0) is 14.3 Å². The van der Waals surface area contributed by atoms with Gasteiger partial charge in [0.1, 0.15) is 6.04 Å². The minimum atomic E-state index is -0.477. The topological polar surface area (TPSA) is 61.9 Å². The summed E-state index contributed by atoms with van der Waals surface area (Å²) >= 11 is 0. The average Bonchev–Trinajstić information content (AvgIpc) is 2.88. The van der Waals surface area contributed by atoms with Gasteiger partial charge in [-0.15, -0.1) is 0 Å². The van der Waals surface area contributed by atoms with Gasteiger partial charge in [-0.3, -0.25) is 14.5 Å². The third kappa shape index (κ3) is 3.70. The van der Waals surface area contributed by atoms with Gasteiger partial charge < -0.3 is 15.0 Å². The van der Waals surface area contributed by atoms with Crippen LogP contribution < -0.4 is 10.2 Å². The molecule has 6 heteroatoms. The smallest absolute Gasteiger partial charge is 0.252 e. The molecule has 2 fully saturated rings. The van der Waals surface area contributed by atoms with Crippen LogP contribution in [0.4, 0.5) is 11.4 Å². The summed E-state index contributed by atoms with van der Waals surface area (Å²) in [7, 11) is 1.56. The van der Waals surface area contributed by atoms with Gasteiger partial charge in [0.2, 0.25) is 5.91 Å². The van der Waals surface area contributed by atoms with Crippen LogP contribution in [0.1, 0.15) is 25.7 Å². The van der Waals surface area contributed by atoms with Gasteiger partial charge in [-0.25, -0.2) is 0 Å². The second-order valence-corrected chi connectivity index (χ2v) is 6.37. The van der Waals surface area contributed by atoms with Crippen LogP contribution in [0.2, 0.25) is 0 Å². The number of piperidine rings is 1. The second kappa shape index (κ2) is 7.66. The van der Waals surface area contributed by atoms with Crippen LogP contribution >= 0.6 is 0 Å². The van der Waals surface area contributed by atoms with Gasteiger partial charge in [0.15, 0.2) is 0 Å². The number of methoxy groups -OCH3 is 1. The lowest BCUT2D eigenvalue weighted by atomic mass is 10.1. The zero-order valence-electron chi connectivity index (χ0n) is 14.2. The molecule has 24 heavy (non-hydrogen) atoms. The van der Waals surface area contributed by atoms with Crippen molar-refractivity contribution < 1.29 is 14.3 Å². The first-order valence-electron chi connectivity index (χ1n) is 8.64. The third-order valence-corrected chi connectivity index (χ3v) is 4.69. The predicted molar refractivity (Wildman–Crippen MR) is 93.1 cm³/mol. The number of nitrogens with zero attached hydrogens (tertiary/aromatic N) is 2. The molecule has 1 unspecified atom stereocenters. The van der Waals surface area contributed by atoms with Crippen molar-refractivity contribution in [1.29, 1.82) is 0 Å². The van der Waals surface area contributed by atoms with Gasteiger partial charge >= 0.3 is 0 Å². The summed E-state index contributed by atoms with van der Waals surface area (Å²) < 4.78 is 4.95. The van der Waals surface area contributed by atoms with Gasteiger partial charge in [0, 0.05) is 31.6 Å². The molecule has 2 amide bonds. The van der Waals surface area contributed by atoms with Gasteiger partial charge in [-0.1, -0.05) is 0 Å². The molecule has 2 saturated heterocycles. The van der Waals surface area contributed by atoms with E-state index in [1.54, 1.807) is 7.11 Å². The highest BCUT2D eigenvalue weighted by atomic mass is 16.5. The fourth-order valence-electron chi connectivity index (χ4n) is 3.34. The van der Waals surface area contributed by atoms with Crippen molar-refractivity contribution in [1.82, 2.24) is 4.90 Å². The zero-order chi connectivity index (χ0) is 16.9. The van der Waals surface area contributed by atoms with Crippen molar-refractivity contribution in [2.45, 2.75) is 31.7 Å². The number of benzene rings is 1. The van der Waals surface area contributed by atoms with Crippen LogP contribution in [0, 0.1) is 0 Å². The molecule has 0 bridgehead atoms. The predicted octanol–water partition coefficient (Wildman–Crippen LogP) is 1.86. The summed E-state index contributed by atoms with van der Waals surface area (Å²) in [6, 6.07) is 7.66. The van der Waals surface area contributed by atoms with Crippen molar-refractivity contribution in [3.8, 4) is 0 Å². The minimum Gasteiger partial charge on any atom is -0.383 e. The number of ether oxygens (including phenoxy) is 1. The first-order chi connectivity index (χ1) is 11.7. The Morgan fingerprint density at radius 2 is 1.83 bits per heavy atom. The van der Waals surface area contributed by atoms with Gasteiger partial charge in [0.25, 0.3) is 5.91 Å². The molecule has 3 rings (SSSR count). The number of hydrogen-bond donors (Lipinski definition) is 1. The number of carbonyl (C=O) groups is 2. The summed E-state index contributed by atoms with van der Waals surface area (Å²) in [5, 5.41) is 3.19. The van der Waals surface area contributed by atoms with E-state index in [1.807, 2.05) is 12.1 Å². The molecule has 1 aromatic rings. The Kier molecular flexibility index (Phi) is 5.35. The van der Waals surface area contributed by atoms with Gasteiger partial charge in [-0.2, -0.15) is 0 Å². The molecule has 0 aromatic heterocycles. The van der Waals surface area contributed by atoms with Crippen LogP contribution in [0.15, 0.2) is 24.3 Å². The van der Waals surface area contributed by atoms with E-state index in [0.717, 1.165) is 18.8 Å². The number of hydrogen-bond acceptors (Lipinski definition) is 5. The maximum Gasteiger partial charge on any atom is 0.252 e. The normalized spacial score (nSPS) is 21.5. The van der Waals surface area contributed by atoms with E-state index in [1.165, 1.54) is 29.8 Å². The molecule has 1 aromatic carbocycles. The highest BCUT2D eigenvalue weighted by Crippen LogP contribution is 2.23. The lowest BCUT2D eigenvalue weighted by Crippen LogP contribution is -2.36. The van der Waals surface area contributed by atoms with Crippen LogP contribution in [0.3, 0.4) is 0 Å². The molecule has 0 radical (unpaired) electrons. The molecule has 2 aliphatic rings. The molecule has 2 aliphatic heterocycles. The Balaban J connectivity index is 1.59. The van der Waals surface area contributed by atoms with E-state index >= 15 is 0 Å². The first kappa shape index (κ1) is 16.8. The number of nitrogens with one attached hydrogen (secondary N) is 1. The Bertz CT molecular complexity index is 582. The highest BCUT2D eigenvalue weighted by Gasteiger charge is 2.38. The molecule has 0 spiro atoms. The SMILES string of the molecule is COCCN1C(=O)CC(Nc2ccc(N3CCCCC3)cc2)C1=O. The maximum absolute atomic E-state index is 12.3. The molecule has 0 aliphatic carbocycles.